The first-order chi connectivity index (χ1) is 19.9. The van der Waals surface area contributed by atoms with E-state index in [4.69, 9.17) is 22.1 Å². The van der Waals surface area contributed by atoms with Gasteiger partial charge in [0.25, 0.3) is 11.5 Å². The number of benzene rings is 3. The van der Waals surface area contributed by atoms with Crippen LogP contribution in [0.4, 0.5) is 5.69 Å². The van der Waals surface area contributed by atoms with E-state index in [0.717, 1.165) is 16.8 Å². The van der Waals surface area contributed by atoms with E-state index in [0.29, 0.717) is 32.1 Å². The Balaban J connectivity index is 1.44. The molecule has 0 bridgehead atoms. The number of nitrogens with zero attached hydrogens (tertiary/aromatic N) is 5. The molecule has 2 aromatic heterocycles. The summed E-state index contributed by atoms with van der Waals surface area (Å²) in [5.74, 6) is 0.346. The zero-order valence-electron chi connectivity index (χ0n) is 22.5. The largest absolute Gasteiger partial charge is 0.497 e. The van der Waals surface area contributed by atoms with E-state index in [-0.39, 0.29) is 17.2 Å². The summed E-state index contributed by atoms with van der Waals surface area (Å²) in [6.45, 7) is 1.81. The number of thiocarbonyl (C=S) groups is 1. The Morgan fingerprint density at radius 2 is 1.61 bits per heavy atom. The topological polar surface area (TPSA) is 74.3 Å². The Kier molecular flexibility index (Phi) is 6.94. The highest BCUT2D eigenvalue weighted by molar-refractivity contribution is 8.27. The minimum absolute atomic E-state index is 0.246. The van der Waals surface area contributed by atoms with Crippen molar-refractivity contribution >= 4 is 46.0 Å². The van der Waals surface area contributed by atoms with Gasteiger partial charge in [0.2, 0.25) is 0 Å². The minimum atomic E-state index is -0.352. The van der Waals surface area contributed by atoms with E-state index < -0.39 is 0 Å². The Labute approximate surface area is 246 Å². The van der Waals surface area contributed by atoms with Crippen LogP contribution in [0.2, 0.25) is 0 Å². The number of amides is 1. The van der Waals surface area contributed by atoms with Gasteiger partial charge in [0.05, 0.1) is 29.1 Å². The van der Waals surface area contributed by atoms with E-state index in [1.807, 2.05) is 98.0 Å². The number of carbonyl (C=O) groups excluding carboxylic acids is 1. The number of thioether (sulfide) groups is 1. The monoisotopic (exact) mass is 579 g/mol. The summed E-state index contributed by atoms with van der Waals surface area (Å²) in [7, 11) is 3.41. The number of para-hydroxylation sites is 2. The number of hydrogen-bond acceptors (Lipinski definition) is 6. The molecule has 1 aliphatic heterocycles. The molecule has 0 atom stereocenters. The molecule has 3 aromatic carbocycles. The zero-order chi connectivity index (χ0) is 28.7. The maximum absolute atomic E-state index is 13.9. The van der Waals surface area contributed by atoms with Gasteiger partial charge >= 0.3 is 0 Å². The molecule has 5 aromatic rings. The first-order valence-electron chi connectivity index (χ1n) is 12.8. The molecule has 1 saturated heterocycles. The lowest BCUT2D eigenvalue weighted by Crippen LogP contribution is -2.33. The van der Waals surface area contributed by atoms with Crippen LogP contribution in [0.15, 0.2) is 101 Å². The standard InChI is InChI=1S/C31H25N5O3S2/c1-20-28(30(38)36(33(20)2)24-14-8-5-9-15-24)35-29(37)26(41-31(35)40)18-22-19-34(23-12-6-4-7-13-23)32-27(22)21-11-10-16-25(17-21)39-3/h4-19H,1-3H3. The van der Waals surface area contributed by atoms with Crippen molar-refractivity contribution in [2.24, 2.45) is 7.05 Å². The molecule has 0 aliphatic carbocycles. The van der Waals surface area contributed by atoms with Gasteiger partial charge < -0.3 is 4.74 Å². The Morgan fingerprint density at radius 3 is 2.29 bits per heavy atom. The van der Waals surface area contributed by atoms with Gasteiger partial charge in [-0.05, 0) is 49.4 Å². The molecular formula is C31H25N5O3S2. The molecule has 3 heterocycles. The maximum Gasteiger partial charge on any atom is 0.296 e. The van der Waals surface area contributed by atoms with Gasteiger partial charge in [-0.25, -0.2) is 9.36 Å². The SMILES string of the molecule is COc1cccc(-c2nn(-c3ccccc3)cc2C=C2SC(=S)N(c3c(C)n(C)n(-c4ccccc4)c3=O)C2=O)c1. The Hall–Kier alpha value is -4.67. The summed E-state index contributed by atoms with van der Waals surface area (Å²) in [5.41, 5.74) is 4.39. The molecular weight excluding hydrogens is 555 g/mol. The van der Waals surface area contributed by atoms with E-state index in [2.05, 4.69) is 0 Å². The smallest absolute Gasteiger partial charge is 0.296 e. The van der Waals surface area contributed by atoms with Gasteiger partial charge in [0, 0.05) is 24.4 Å². The fourth-order valence-electron chi connectivity index (χ4n) is 4.81. The number of anilines is 1. The quantitative estimate of drug-likeness (QED) is 0.188. The third-order valence-corrected chi connectivity index (χ3v) is 8.24. The zero-order valence-corrected chi connectivity index (χ0v) is 24.1. The molecule has 0 saturated carbocycles. The van der Waals surface area contributed by atoms with Gasteiger partial charge in [-0.1, -0.05) is 72.5 Å². The van der Waals surface area contributed by atoms with Crippen molar-refractivity contribution in [3.63, 3.8) is 0 Å². The molecule has 1 aliphatic rings. The summed E-state index contributed by atoms with van der Waals surface area (Å²) >= 11 is 6.82. The van der Waals surface area contributed by atoms with Crippen LogP contribution in [0.1, 0.15) is 11.3 Å². The van der Waals surface area contributed by atoms with E-state index in [1.54, 1.807) is 29.6 Å². The summed E-state index contributed by atoms with van der Waals surface area (Å²) < 4.78 is 10.8. The number of hydrogen-bond donors (Lipinski definition) is 0. The number of ether oxygens (including phenoxy) is 1. The molecule has 204 valence electrons. The van der Waals surface area contributed by atoms with E-state index >= 15 is 0 Å². The highest BCUT2D eigenvalue weighted by Gasteiger charge is 2.38. The van der Waals surface area contributed by atoms with Crippen LogP contribution in [0.25, 0.3) is 28.7 Å². The summed E-state index contributed by atoms with van der Waals surface area (Å²) in [5, 5.41) is 4.86. The second kappa shape index (κ2) is 10.7. The lowest BCUT2D eigenvalue weighted by Gasteiger charge is -2.12. The third kappa shape index (κ3) is 4.71. The van der Waals surface area contributed by atoms with Crippen LogP contribution in [-0.2, 0) is 11.8 Å². The van der Waals surface area contributed by atoms with Crippen LogP contribution in [-0.4, -0.2) is 36.5 Å². The molecule has 0 N–H and O–H groups in total. The molecule has 41 heavy (non-hydrogen) atoms. The lowest BCUT2D eigenvalue weighted by atomic mass is 10.1. The Bertz CT molecular complexity index is 1890. The molecule has 1 fully saturated rings. The van der Waals surface area contributed by atoms with Crippen LogP contribution in [0, 0.1) is 6.92 Å². The van der Waals surface area contributed by atoms with Gasteiger partial charge in [0.1, 0.15) is 17.1 Å². The van der Waals surface area contributed by atoms with Crippen LogP contribution < -0.4 is 15.2 Å². The predicted molar refractivity (Wildman–Crippen MR) is 167 cm³/mol. The average Bonchev–Trinajstić information content (AvgIpc) is 3.61. The molecule has 1 amide bonds. The third-order valence-electron chi connectivity index (χ3n) is 6.93. The van der Waals surface area contributed by atoms with E-state index in [9.17, 15) is 9.59 Å². The molecule has 0 radical (unpaired) electrons. The van der Waals surface area contributed by atoms with Crippen LogP contribution in [0.3, 0.4) is 0 Å². The molecule has 8 nitrogen and oxygen atoms in total. The highest BCUT2D eigenvalue weighted by atomic mass is 32.2. The van der Waals surface area contributed by atoms with Crippen molar-refractivity contribution in [1.82, 2.24) is 19.1 Å². The fraction of sp³-hybridized carbons (Fsp3) is 0.0968. The maximum atomic E-state index is 13.9. The van der Waals surface area contributed by atoms with E-state index in [1.165, 1.54) is 21.3 Å². The highest BCUT2D eigenvalue weighted by Crippen LogP contribution is 2.38. The number of carbonyl (C=O) groups is 1. The number of rotatable bonds is 6. The van der Waals surface area contributed by atoms with Gasteiger partial charge in [0.15, 0.2) is 4.32 Å². The van der Waals surface area contributed by atoms with Crippen molar-refractivity contribution in [3.8, 4) is 28.4 Å². The fourth-order valence-corrected chi connectivity index (χ4v) is 6.08. The molecule has 6 rings (SSSR count). The first kappa shape index (κ1) is 26.5. The van der Waals surface area contributed by atoms with Gasteiger partial charge in [-0.15, -0.1) is 0 Å². The van der Waals surface area contributed by atoms with Gasteiger partial charge in [-0.2, -0.15) is 5.10 Å². The number of aromatic nitrogens is 4. The summed E-state index contributed by atoms with van der Waals surface area (Å²) in [6, 6.07) is 26.7. The van der Waals surface area contributed by atoms with Crippen molar-refractivity contribution in [2.45, 2.75) is 6.92 Å². The van der Waals surface area contributed by atoms with Crippen LogP contribution in [0.5, 0.6) is 5.75 Å². The second-order valence-corrected chi connectivity index (χ2v) is 11.0. The van der Waals surface area contributed by atoms with Crippen molar-refractivity contribution < 1.29 is 9.53 Å². The summed E-state index contributed by atoms with van der Waals surface area (Å²) in [6.07, 6.45) is 3.67. The minimum Gasteiger partial charge on any atom is -0.497 e. The lowest BCUT2D eigenvalue weighted by molar-refractivity contribution is -0.113. The second-order valence-electron chi connectivity index (χ2n) is 9.37. The molecule has 10 heteroatoms. The van der Waals surface area contributed by atoms with Crippen molar-refractivity contribution in [3.05, 3.63) is 118 Å². The van der Waals surface area contributed by atoms with Crippen LogP contribution >= 0.6 is 24.0 Å². The summed E-state index contributed by atoms with van der Waals surface area (Å²) in [4.78, 5) is 29.2. The average molecular weight is 580 g/mol. The molecule has 0 spiro atoms. The first-order valence-corrected chi connectivity index (χ1v) is 14.0. The predicted octanol–water partition coefficient (Wildman–Crippen LogP) is 5.75. The Morgan fingerprint density at radius 1 is 0.927 bits per heavy atom. The van der Waals surface area contributed by atoms with Crippen molar-refractivity contribution in [2.75, 3.05) is 12.0 Å². The van der Waals surface area contributed by atoms with Crippen molar-refractivity contribution in [1.29, 1.82) is 0 Å². The molecule has 0 unspecified atom stereocenters. The van der Waals surface area contributed by atoms with Gasteiger partial charge in [-0.3, -0.25) is 19.2 Å². The number of methoxy groups -OCH3 is 1. The normalized spacial score (nSPS) is 14.3.